The summed E-state index contributed by atoms with van der Waals surface area (Å²) in [5.74, 6) is 0.931. The summed E-state index contributed by atoms with van der Waals surface area (Å²) in [6, 6.07) is 9.77. The van der Waals surface area contributed by atoms with E-state index in [2.05, 4.69) is 30.1 Å². The van der Waals surface area contributed by atoms with Crippen LogP contribution in [0, 0.1) is 6.92 Å². The highest BCUT2D eigenvalue weighted by molar-refractivity contribution is 5.78. The van der Waals surface area contributed by atoms with Crippen molar-refractivity contribution in [1.29, 1.82) is 0 Å². The van der Waals surface area contributed by atoms with Crippen molar-refractivity contribution in [2.45, 2.75) is 71.2 Å². The molecule has 244 valence electrons. The van der Waals surface area contributed by atoms with E-state index in [1.165, 1.54) is 0 Å². The molecule has 0 amide bonds. The van der Waals surface area contributed by atoms with Crippen molar-refractivity contribution in [3.63, 3.8) is 0 Å². The van der Waals surface area contributed by atoms with E-state index in [1.54, 1.807) is 21.3 Å². The van der Waals surface area contributed by atoms with Gasteiger partial charge in [-0.2, -0.15) is 9.61 Å². The second-order valence-corrected chi connectivity index (χ2v) is 12.9. The second-order valence-electron chi connectivity index (χ2n) is 12.9. The Hall–Kier alpha value is -4.48. The number of hydrogen-bond acceptors (Lipinski definition) is 8. The van der Waals surface area contributed by atoms with Crippen LogP contribution in [0.25, 0.3) is 11.5 Å². The minimum atomic E-state index is -1.25. The van der Waals surface area contributed by atoms with Crippen LogP contribution in [0.4, 0.5) is 5.82 Å². The largest absolute Gasteiger partial charge is 0.489 e. The number of rotatable bonds is 13. The zero-order valence-corrected chi connectivity index (χ0v) is 27.4. The summed E-state index contributed by atoms with van der Waals surface area (Å²) in [7, 11) is 0. The molecule has 0 bridgehead atoms. The molecule has 1 aromatic carbocycles. The fourth-order valence-electron chi connectivity index (χ4n) is 5.74. The third-order valence-corrected chi connectivity index (χ3v) is 8.01. The lowest BCUT2D eigenvalue weighted by Crippen LogP contribution is -2.45. The Morgan fingerprint density at radius 3 is 2.54 bits per heavy atom. The van der Waals surface area contributed by atoms with Crippen LogP contribution in [0.3, 0.4) is 0 Å². The van der Waals surface area contributed by atoms with E-state index in [1.807, 2.05) is 70.4 Å². The Morgan fingerprint density at radius 1 is 1.15 bits per heavy atom. The topological polar surface area (TPSA) is 116 Å². The molecular weight excluding hydrogens is 584 g/mol. The molecule has 4 aromatic rings. The number of aromatic nitrogens is 5. The number of piperidine rings is 1. The number of aliphatic carboxylic acids is 1. The van der Waals surface area contributed by atoms with E-state index in [4.69, 9.17) is 24.3 Å². The van der Waals surface area contributed by atoms with E-state index < -0.39 is 17.7 Å². The van der Waals surface area contributed by atoms with E-state index >= 15 is 0 Å². The van der Waals surface area contributed by atoms with E-state index in [-0.39, 0.29) is 5.60 Å². The van der Waals surface area contributed by atoms with Crippen molar-refractivity contribution >= 4 is 17.4 Å². The first-order chi connectivity index (χ1) is 21.9. The molecule has 11 nitrogen and oxygen atoms in total. The quantitative estimate of drug-likeness (QED) is 0.181. The highest BCUT2D eigenvalue weighted by Crippen LogP contribution is 2.38. The number of para-hydroxylation sites is 1. The van der Waals surface area contributed by atoms with Gasteiger partial charge in [0.05, 0.1) is 29.6 Å². The standard InChI is InChI=1S/C35H44N6O5/c1-8-18-44-27-13-11-10-12-26(27)20-25-22-36-40(23-25)29-21-28-37-24(3)30(31(33(42)43)46-34(4,5)6)32(41(28)38-29)39-16-14-35(7,15-17-39)45-19-9-2/h8-13,21-23,31H,1-2,14-20H2,3-7H3,(H,42,43). The van der Waals surface area contributed by atoms with Crippen LogP contribution < -0.4 is 9.64 Å². The van der Waals surface area contributed by atoms with Gasteiger partial charge in [0, 0.05) is 37.5 Å². The molecule has 1 N–H and O–H groups in total. The molecule has 1 aliphatic rings. The number of aryl methyl sites for hydroxylation is 1. The number of carboxylic acids is 1. The molecular formula is C35H44N6O5. The third kappa shape index (κ3) is 7.32. The van der Waals surface area contributed by atoms with Gasteiger partial charge in [0.1, 0.15) is 18.2 Å². The van der Waals surface area contributed by atoms with Crippen LogP contribution >= 0.6 is 0 Å². The van der Waals surface area contributed by atoms with Gasteiger partial charge < -0.3 is 24.2 Å². The Balaban J connectivity index is 1.55. The van der Waals surface area contributed by atoms with Gasteiger partial charge >= 0.3 is 5.97 Å². The Bertz CT molecular complexity index is 1710. The van der Waals surface area contributed by atoms with Gasteiger partial charge in [0.15, 0.2) is 17.6 Å². The first-order valence-corrected chi connectivity index (χ1v) is 15.6. The number of carbonyl (C=O) groups is 1. The summed E-state index contributed by atoms with van der Waals surface area (Å²) in [6.07, 6.45) is 8.10. The van der Waals surface area contributed by atoms with Crippen LogP contribution in [0.2, 0.25) is 0 Å². The third-order valence-electron chi connectivity index (χ3n) is 8.01. The van der Waals surface area contributed by atoms with Crippen LogP contribution in [-0.2, 0) is 20.7 Å². The SMILES string of the molecule is C=CCOc1ccccc1Cc1cnn(-c2cc3nc(C)c(C(OC(C)(C)C)C(=O)O)c(N4CCC(C)(OCC=C)CC4)n3n2)c1. The molecule has 1 aliphatic heterocycles. The summed E-state index contributed by atoms with van der Waals surface area (Å²) in [4.78, 5) is 19.7. The minimum absolute atomic E-state index is 0.309. The van der Waals surface area contributed by atoms with Crippen molar-refractivity contribution in [3.05, 3.63) is 90.4 Å². The molecule has 11 heteroatoms. The smallest absolute Gasteiger partial charge is 0.337 e. The van der Waals surface area contributed by atoms with Gasteiger partial charge in [0.25, 0.3) is 0 Å². The zero-order chi connectivity index (χ0) is 33.1. The Kier molecular flexibility index (Phi) is 9.64. The predicted molar refractivity (Wildman–Crippen MR) is 177 cm³/mol. The van der Waals surface area contributed by atoms with Gasteiger partial charge in [-0.3, -0.25) is 0 Å². The van der Waals surface area contributed by atoms with Gasteiger partial charge in [-0.25, -0.2) is 14.5 Å². The number of carboxylic acid groups (broad SMARTS) is 1. The molecule has 1 atom stereocenters. The molecule has 1 fully saturated rings. The summed E-state index contributed by atoms with van der Waals surface area (Å²) >= 11 is 0. The minimum Gasteiger partial charge on any atom is -0.489 e. The molecule has 46 heavy (non-hydrogen) atoms. The fraction of sp³-hybridized carbons (Fsp3) is 0.429. The predicted octanol–water partition coefficient (Wildman–Crippen LogP) is 5.88. The molecule has 0 radical (unpaired) electrons. The highest BCUT2D eigenvalue weighted by atomic mass is 16.5. The van der Waals surface area contributed by atoms with Crippen molar-refractivity contribution in [1.82, 2.24) is 24.4 Å². The lowest BCUT2D eigenvalue weighted by molar-refractivity contribution is -0.160. The average Bonchev–Trinajstić information content (AvgIpc) is 3.65. The van der Waals surface area contributed by atoms with Gasteiger partial charge in [-0.1, -0.05) is 36.9 Å². The van der Waals surface area contributed by atoms with Crippen LogP contribution in [0.15, 0.2) is 68.0 Å². The lowest BCUT2D eigenvalue weighted by Gasteiger charge is -2.41. The molecule has 3 aromatic heterocycles. The molecule has 4 heterocycles. The number of nitrogens with zero attached hydrogens (tertiary/aromatic N) is 6. The van der Waals surface area contributed by atoms with E-state index in [0.717, 1.165) is 29.7 Å². The average molecular weight is 629 g/mol. The molecule has 0 aliphatic carbocycles. The Labute approximate surface area is 270 Å². The van der Waals surface area contributed by atoms with Crippen molar-refractivity contribution < 1.29 is 24.1 Å². The normalized spacial score (nSPS) is 15.5. The van der Waals surface area contributed by atoms with Crippen LogP contribution in [0.1, 0.15) is 69.0 Å². The van der Waals surface area contributed by atoms with Gasteiger partial charge in [0.2, 0.25) is 0 Å². The monoisotopic (exact) mass is 628 g/mol. The maximum Gasteiger partial charge on any atom is 0.337 e. The Morgan fingerprint density at radius 2 is 1.87 bits per heavy atom. The van der Waals surface area contributed by atoms with Crippen LogP contribution in [-0.4, -0.2) is 73.0 Å². The fourth-order valence-corrected chi connectivity index (χ4v) is 5.74. The summed E-state index contributed by atoms with van der Waals surface area (Å²) in [5.41, 5.74) is 2.64. The number of fused-ring (bicyclic) bond motifs is 1. The molecule has 5 rings (SSSR count). The summed E-state index contributed by atoms with van der Waals surface area (Å²) < 4.78 is 21.5. The molecule has 0 saturated carbocycles. The van der Waals surface area contributed by atoms with Crippen LogP contribution in [0.5, 0.6) is 5.75 Å². The summed E-state index contributed by atoms with van der Waals surface area (Å²) in [5, 5.41) is 20.0. The number of ether oxygens (including phenoxy) is 3. The molecule has 1 saturated heterocycles. The molecule has 1 unspecified atom stereocenters. The lowest BCUT2D eigenvalue weighted by atomic mass is 9.92. The maximum absolute atomic E-state index is 12.7. The first-order valence-electron chi connectivity index (χ1n) is 15.6. The number of hydrogen-bond donors (Lipinski definition) is 1. The molecule has 0 spiro atoms. The maximum atomic E-state index is 12.7. The van der Waals surface area contributed by atoms with Crippen molar-refractivity contribution in [2.24, 2.45) is 0 Å². The van der Waals surface area contributed by atoms with Gasteiger partial charge in [-0.05, 0) is 64.7 Å². The zero-order valence-electron chi connectivity index (χ0n) is 27.4. The number of benzene rings is 1. The first kappa shape index (κ1) is 32.9. The highest BCUT2D eigenvalue weighted by Gasteiger charge is 2.37. The van der Waals surface area contributed by atoms with Gasteiger partial charge in [-0.15, -0.1) is 11.7 Å². The van der Waals surface area contributed by atoms with E-state index in [0.29, 0.717) is 61.3 Å². The summed E-state index contributed by atoms with van der Waals surface area (Å²) in [6.45, 7) is 19.2. The van der Waals surface area contributed by atoms with E-state index in [9.17, 15) is 9.90 Å². The second kappa shape index (κ2) is 13.5. The van der Waals surface area contributed by atoms with Crippen molar-refractivity contribution in [3.8, 4) is 11.6 Å². The number of anilines is 1. The van der Waals surface area contributed by atoms with Crippen molar-refractivity contribution in [2.75, 3.05) is 31.2 Å².